The first-order chi connectivity index (χ1) is 15.7. The average Bonchev–Trinajstić information content (AvgIpc) is 2.82. The summed E-state index contributed by atoms with van der Waals surface area (Å²) in [5.41, 5.74) is 3.59. The van der Waals surface area contributed by atoms with Crippen LogP contribution in [0.25, 0.3) is 0 Å². The van der Waals surface area contributed by atoms with Gasteiger partial charge in [-0.1, -0.05) is 56.2 Å². The quantitative estimate of drug-likeness (QED) is 0.271. The minimum absolute atomic E-state index is 0.0123. The molecule has 0 bridgehead atoms. The molecule has 4 heteroatoms. The van der Waals surface area contributed by atoms with E-state index in [0.717, 1.165) is 50.9 Å². The molecule has 0 spiro atoms. The van der Waals surface area contributed by atoms with Gasteiger partial charge in [0.05, 0.1) is 0 Å². The van der Waals surface area contributed by atoms with Gasteiger partial charge in [-0.2, -0.15) is 0 Å². The molecular weight excluding hydrogens is 396 g/mol. The fourth-order valence-electron chi connectivity index (χ4n) is 4.98. The minimum Gasteiger partial charge on any atom is -0.504 e. The SMILES string of the molecule is CCCN(CCCCCCNCCCc1ccccc1)[C@H]1CCc2c(ccc(O)c2O)C1. The molecule has 3 N–H and O–H groups in total. The Morgan fingerprint density at radius 3 is 2.50 bits per heavy atom. The maximum atomic E-state index is 10.1. The number of phenolic OH excluding ortho intramolecular Hbond substituents is 2. The number of hydrogen-bond donors (Lipinski definition) is 3. The van der Waals surface area contributed by atoms with Crippen LogP contribution < -0.4 is 5.32 Å². The summed E-state index contributed by atoms with van der Waals surface area (Å²) < 4.78 is 0. The van der Waals surface area contributed by atoms with Crippen LogP contribution in [0.1, 0.15) is 68.6 Å². The van der Waals surface area contributed by atoms with Gasteiger partial charge in [-0.15, -0.1) is 0 Å². The molecule has 1 aliphatic rings. The normalized spacial score (nSPS) is 15.8. The van der Waals surface area contributed by atoms with E-state index in [-0.39, 0.29) is 11.5 Å². The zero-order chi connectivity index (χ0) is 22.6. The summed E-state index contributed by atoms with van der Waals surface area (Å²) >= 11 is 0. The summed E-state index contributed by atoms with van der Waals surface area (Å²) in [6, 6.07) is 14.9. The molecule has 0 fully saturated rings. The molecule has 0 aliphatic heterocycles. The standard InChI is InChI=1S/C28H42N2O2/c1-2-20-30(25-15-16-26-24(22-25)14-17-27(31)28(26)32)21-9-4-3-8-18-29-19-10-13-23-11-6-5-7-12-23/h5-7,11-12,14,17,25,29,31-32H,2-4,8-10,13,15-16,18-22H2,1H3/t25-/m0/s1. The highest BCUT2D eigenvalue weighted by atomic mass is 16.3. The first-order valence-electron chi connectivity index (χ1n) is 12.7. The van der Waals surface area contributed by atoms with Gasteiger partial charge < -0.3 is 20.4 Å². The predicted molar refractivity (Wildman–Crippen MR) is 134 cm³/mol. The lowest BCUT2D eigenvalue weighted by atomic mass is 9.86. The number of nitrogens with zero attached hydrogens (tertiary/aromatic N) is 1. The Kier molecular flexibility index (Phi) is 10.4. The highest BCUT2D eigenvalue weighted by molar-refractivity contribution is 5.50. The van der Waals surface area contributed by atoms with Gasteiger partial charge in [-0.05, 0) is 94.7 Å². The van der Waals surface area contributed by atoms with E-state index < -0.39 is 0 Å². The van der Waals surface area contributed by atoms with Gasteiger partial charge in [0.15, 0.2) is 11.5 Å². The van der Waals surface area contributed by atoms with E-state index >= 15 is 0 Å². The molecule has 0 saturated heterocycles. The van der Waals surface area contributed by atoms with E-state index in [1.54, 1.807) is 6.07 Å². The van der Waals surface area contributed by atoms with E-state index in [2.05, 4.69) is 47.5 Å². The largest absolute Gasteiger partial charge is 0.504 e. The highest BCUT2D eigenvalue weighted by Crippen LogP contribution is 2.36. The summed E-state index contributed by atoms with van der Waals surface area (Å²) in [7, 11) is 0. The number of unbranched alkanes of at least 4 members (excludes halogenated alkanes) is 3. The number of aryl methyl sites for hydroxylation is 1. The van der Waals surface area contributed by atoms with Crippen LogP contribution in [0.5, 0.6) is 11.5 Å². The van der Waals surface area contributed by atoms with Crippen molar-refractivity contribution in [3.05, 3.63) is 59.2 Å². The summed E-state index contributed by atoms with van der Waals surface area (Å²) in [5.74, 6) is 0.106. The van der Waals surface area contributed by atoms with Crippen LogP contribution in [0.15, 0.2) is 42.5 Å². The lowest BCUT2D eigenvalue weighted by molar-refractivity contribution is 0.175. The zero-order valence-corrected chi connectivity index (χ0v) is 19.9. The van der Waals surface area contributed by atoms with Gasteiger partial charge in [0.1, 0.15) is 0 Å². The van der Waals surface area contributed by atoms with E-state index in [1.807, 2.05) is 6.07 Å². The molecule has 0 heterocycles. The molecule has 0 amide bonds. The third-order valence-corrected chi connectivity index (χ3v) is 6.78. The van der Waals surface area contributed by atoms with Crippen LogP contribution >= 0.6 is 0 Å². The molecule has 2 aromatic carbocycles. The molecule has 0 saturated carbocycles. The van der Waals surface area contributed by atoms with Crippen molar-refractivity contribution in [2.24, 2.45) is 0 Å². The molecule has 3 rings (SSSR count). The van der Waals surface area contributed by atoms with Crippen molar-refractivity contribution in [1.82, 2.24) is 10.2 Å². The number of phenols is 2. The van der Waals surface area contributed by atoms with Crippen LogP contribution in [-0.4, -0.2) is 47.3 Å². The molecular formula is C28H42N2O2. The van der Waals surface area contributed by atoms with Crippen molar-refractivity contribution in [3.8, 4) is 11.5 Å². The number of nitrogens with one attached hydrogen (secondary N) is 1. The molecule has 4 nitrogen and oxygen atoms in total. The fourth-order valence-corrected chi connectivity index (χ4v) is 4.98. The lowest BCUT2D eigenvalue weighted by Crippen LogP contribution is -2.40. The monoisotopic (exact) mass is 438 g/mol. The number of fused-ring (bicyclic) bond motifs is 1. The second kappa shape index (κ2) is 13.5. The molecule has 1 atom stereocenters. The van der Waals surface area contributed by atoms with Gasteiger partial charge in [0.25, 0.3) is 0 Å². The first kappa shape index (κ1) is 24.6. The van der Waals surface area contributed by atoms with Crippen molar-refractivity contribution in [1.29, 1.82) is 0 Å². The Morgan fingerprint density at radius 1 is 0.906 bits per heavy atom. The Labute approximate surface area is 194 Å². The van der Waals surface area contributed by atoms with E-state index in [1.165, 1.54) is 56.2 Å². The summed E-state index contributed by atoms with van der Waals surface area (Å²) in [5, 5.41) is 23.5. The number of hydrogen-bond acceptors (Lipinski definition) is 4. The van der Waals surface area contributed by atoms with Crippen molar-refractivity contribution in [2.75, 3.05) is 26.2 Å². The zero-order valence-electron chi connectivity index (χ0n) is 19.9. The fraction of sp³-hybridized carbons (Fsp3) is 0.571. The number of aromatic hydroxyl groups is 2. The molecule has 32 heavy (non-hydrogen) atoms. The summed E-state index contributed by atoms with van der Waals surface area (Å²) in [6.45, 7) is 6.81. The minimum atomic E-state index is 0.0123. The second-order valence-electron chi connectivity index (χ2n) is 9.26. The molecule has 0 aromatic heterocycles. The Hall–Kier alpha value is -2.04. The van der Waals surface area contributed by atoms with Crippen LogP contribution in [0.4, 0.5) is 0 Å². The Bertz CT molecular complexity index is 794. The number of rotatable bonds is 14. The first-order valence-corrected chi connectivity index (χ1v) is 12.7. The predicted octanol–water partition coefficient (Wildman–Crippen LogP) is 5.45. The average molecular weight is 439 g/mol. The Morgan fingerprint density at radius 2 is 1.69 bits per heavy atom. The smallest absolute Gasteiger partial charge is 0.160 e. The van der Waals surface area contributed by atoms with Crippen LogP contribution in [0, 0.1) is 0 Å². The molecule has 2 aromatic rings. The Balaban J connectivity index is 1.28. The van der Waals surface area contributed by atoms with Crippen molar-refractivity contribution < 1.29 is 10.2 Å². The van der Waals surface area contributed by atoms with Crippen molar-refractivity contribution in [2.45, 2.75) is 77.2 Å². The molecule has 176 valence electrons. The maximum absolute atomic E-state index is 10.1. The summed E-state index contributed by atoms with van der Waals surface area (Å²) in [4.78, 5) is 2.66. The molecule has 0 radical (unpaired) electrons. The van der Waals surface area contributed by atoms with Crippen LogP contribution in [0.2, 0.25) is 0 Å². The topological polar surface area (TPSA) is 55.7 Å². The molecule has 0 unspecified atom stereocenters. The second-order valence-corrected chi connectivity index (χ2v) is 9.26. The van der Waals surface area contributed by atoms with E-state index in [9.17, 15) is 10.2 Å². The third kappa shape index (κ3) is 7.53. The highest BCUT2D eigenvalue weighted by Gasteiger charge is 2.26. The number of benzene rings is 2. The van der Waals surface area contributed by atoms with Gasteiger partial charge in [0.2, 0.25) is 0 Å². The van der Waals surface area contributed by atoms with Crippen molar-refractivity contribution >= 4 is 0 Å². The lowest BCUT2D eigenvalue weighted by Gasteiger charge is -2.35. The molecule has 1 aliphatic carbocycles. The van der Waals surface area contributed by atoms with Crippen LogP contribution in [-0.2, 0) is 19.3 Å². The van der Waals surface area contributed by atoms with Gasteiger partial charge in [-0.25, -0.2) is 0 Å². The van der Waals surface area contributed by atoms with E-state index in [0.29, 0.717) is 6.04 Å². The summed E-state index contributed by atoms with van der Waals surface area (Å²) in [6.07, 6.45) is 11.6. The van der Waals surface area contributed by atoms with Gasteiger partial charge >= 0.3 is 0 Å². The third-order valence-electron chi connectivity index (χ3n) is 6.78. The van der Waals surface area contributed by atoms with Gasteiger partial charge in [-0.3, -0.25) is 0 Å². The van der Waals surface area contributed by atoms with Crippen molar-refractivity contribution in [3.63, 3.8) is 0 Å². The van der Waals surface area contributed by atoms with Gasteiger partial charge in [0, 0.05) is 11.6 Å². The van der Waals surface area contributed by atoms with Crippen LogP contribution in [0.3, 0.4) is 0 Å². The maximum Gasteiger partial charge on any atom is 0.160 e. The van der Waals surface area contributed by atoms with E-state index in [4.69, 9.17) is 0 Å².